The second-order valence-electron chi connectivity index (χ2n) is 4.41. The highest BCUT2D eigenvalue weighted by Gasteiger charge is 1.96. The van der Waals surface area contributed by atoms with E-state index >= 15 is 0 Å². The van der Waals surface area contributed by atoms with Gasteiger partial charge in [0.1, 0.15) is 0 Å². The van der Waals surface area contributed by atoms with Crippen molar-refractivity contribution in [2.75, 3.05) is 40.0 Å². The fourth-order valence-corrected chi connectivity index (χ4v) is 1.59. The third kappa shape index (κ3) is 12.0. The van der Waals surface area contributed by atoms with Crippen molar-refractivity contribution in [3.63, 3.8) is 0 Å². The third-order valence-electron chi connectivity index (χ3n) is 2.74. The number of hydrogen-bond acceptors (Lipinski definition) is 3. The average Bonchev–Trinajstić information content (AvgIpc) is 2.27. The summed E-state index contributed by atoms with van der Waals surface area (Å²) in [6.07, 6.45) is 7.89. The standard InChI is InChI=1S/C13H29NO2/c1-3-4-5-6-7-8-12-16-13-10-14(2)9-11-15/h15H,3-13H2,1-2H3. The molecular formula is C13H29NO2. The van der Waals surface area contributed by atoms with Crippen molar-refractivity contribution in [1.82, 2.24) is 4.90 Å². The molecule has 0 heterocycles. The monoisotopic (exact) mass is 231 g/mol. The number of aliphatic hydroxyl groups excluding tert-OH is 1. The van der Waals surface area contributed by atoms with Crippen LogP contribution >= 0.6 is 0 Å². The molecule has 1 N–H and O–H groups in total. The highest BCUT2D eigenvalue weighted by Crippen LogP contribution is 2.04. The quantitative estimate of drug-likeness (QED) is 0.523. The summed E-state index contributed by atoms with van der Waals surface area (Å²) >= 11 is 0. The van der Waals surface area contributed by atoms with Crippen LogP contribution in [0.2, 0.25) is 0 Å². The largest absolute Gasteiger partial charge is 0.395 e. The van der Waals surface area contributed by atoms with Crippen molar-refractivity contribution in [1.29, 1.82) is 0 Å². The molecule has 0 atom stereocenters. The zero-order chi connectivity index (χ0) is 12.1. The Bertz CT molecular complexity index is 131. The molecule has 0 bridgehead atoms. The first kappa shape index (κ1) is 15.9. The van der Waals surface area contributed by atoms with Gasteiger partial charge in [-0.25, -0.2) is 0 Å². The smallest absolute Gasteiger partial charge is 0.0593 e. The number of hydrogen-bond donors (Lipinski definition) is 1. The predicted molar refractivity (Wildman–Crippen MR) is 68.8 cm³/mol. The van der Waals surface area contributed by atoms with E-state index in [1.807, 2.05) is 7.05 Å². The van der Waals surface area contributed by atoms with E-state index in [0.717, 1.165) is 26.3 Å². The number of ether oxygens (including phenoxy) is 1. The van der Waals surface area contributed by atoms with Gasteiger partial charge in [-0.3, -0.25) is 0 Å². The summed E-state index contributed by atoms with van der Waals surface area (Å²) in [4.78, 5) is 2.08. The molecule has 0 spiro atoms. The van der Waals surface area contributed by atoms with Crippen molar-refractivity contribution in [3.05, 3.63) is 0 Å². The molecule has 0 saturated heterocycles. The second kappa shape index (κ2) is 12.9. The molecule has 0 amide bonds. The van der Waals surface area contributed by atoms with Crippen LogP contribution in [0.1, 0.15) is 45.4 Å². The van der Waals surface area contributed by atoms with Crippen LogP contribution in [0.15, 0.2) is 0 Å². The fraction of sp³-hybridized carbons (Fsp3) is 1.00. The van der Waals surface area contributed by atoms with Crippen LogP contribution in [0.5, 0.6) is 0 Å². The van der Waals surface area contributed by atoms with E-state index in [-0.39, 0.29) is 6.61 Å². The van der Waals surface area contributed by atoms with Crippen LogP contribution in [-0.2, 0) is 4.74 Å². The minimum Gasteiger partial charge on any atom is -0.395 e. The zero-order valence-electron chi connectivity index (χ0n) is 11.1. The molecule has 0 rings (SSSR count). The van der Waals surface area contributed by atoms with Gasteiger partial charge < -0.3 is 14.7 Å². The fourth-order valence-electron chi connectivity index (χ4n) is 1.59. The maximum absolute atomic E-state index is 8.70. The van der Waals surface area contributed by atoms with E-state index in [1.54, 1.807) is 0 Å². The van der Waals surface area contributed by atoms with Gasteiger partial charge in [-0.2, -0.15) is 0 Å². The Morgan fingerprint density at radius 3 is 2.31 bits per heavy atom. The topological polar surface area (TPSA) is 32.7 Å². The molecule has 0 aromatic carbocycles. The summed E-state index contributed by atoms with van der Waals surface area (Å²) in [6.45, 7) is 5.79. The summed E-state index contributed by atoms with van der Waals surface area (Å²) in [5.74, 6) is 0. The molecule has 0 aromatic rings. The van der Waals surface area contributed by atoms with Crippen LogP contribution in [0, 0.1) is 0 Å². The molecule has 16 heavy (non-hydrogen) atoms. The van der Waals surface area contributed by atoms with Crippen LogP contribution < -0.4 is 0 Å². The van der Waals surface area contributed by atoms with Crippen molar-refractivity contribution < 1.29 is 9.84 Å². The van der Waals surface area contributed by atoms with Gasteiger partial charge in [0.2, 0.25) is 0 Å². The average molecular weight is 231 g/mol. The van der Waals surface area contributed by atoms with Gasteiger partial charge in [-0.15, -0.1) is 0 Å². The SMILES string of the molecule is CCCCCCCCOCCN(C)CCO. The maximum Gasteiger partial charge on any atom is 0.0593 e. The minimum absolute atomic E-state index is 0.230. The molecule has 3 nitrogen and oxygen atoms in total. The molecule has 0 aromatic heterocycles. The molecule has 0 fully saturated rings. The summed E-state index contributed by atoms with van der Waals surface area (Å²) < 4.78 is 5.53. The molecular weight excluding hydrogens is 202 g/mol. The van der Waals surface area contributed by atoms with Crippen LogP contribution in [-0.4, -0.2) is 50.0 Å². The van der Waals surface area contributed by atoms with E-state index in [0.29, 0.717) is 0 Å². The van der Waals surface area contributed by atoms with Gasteiger partial charge in [0.05, 0.1) is 13.2 Å². The normalized spacial score (nSPS) is 11.2. The van der Waals surface area contributed by atoms with Gasteiger partial charge in [-0.05, 0) is 13.5 Å². The van der Waals surface area contributed by atoms with E-state index in [4.69, 9.17) is 9.84 Å². The van der Waals surface area contributed by atoms with Gasteiger partial charge in [0.15, 0.2) is 0 Å². The molecule has 0 aliphatic carbocycles. The van der Waals surface area contributed by atoms with Crippen molar-refractivity contribution in [2.24, 2.45) is 0 Å². The number of nitrogens with zero attached hydrogens (tertiary/aromatic N) is 1. The minimum atomic E-state index is 0.230. The van der Waals surface area contributed by atoms with Crippen molar-refractivity contribution >= 4 is 0 Å². The second-order valence-corrected chi connectivity index (χ2v) is 4.41. The number of aliphatic hydroxyl groups is 1. The molecule has 0 aliphatic heterocycles. The molecule has 3 heteroatoms. The molecule has 0 unspecified atom stereocenters. The van der Waals surface area contributed by atoms with Crippen molar-refractivity contribution in [3.8, 4) is 0 Å². The third-order valence-corrected chi connectivity index (χ3v) is 2.74. The number of unbranched alkanes of at least 4 members (excludes halogenated alkanes) is 5. The molecule has 0 radical (unpaired) electrons. The first-order chi connectivity index (χ1) is 7.81. The summed E-state index contributed by atoms with van der Waals surface area (Å²) in [5.41, 5.74) is 0. The van der Waals surface area contributed by atoms with Gasteiger partial charge in [0.25, 0.3) is 0 Å². The van der Waals surface area contributed by atoms with Crippen LogP contribution in [0.25, 0.3) is 0 Å². The summed E-state index contributed by atoms with van der Waals surface area (Å²) in [6, 6.07) is 0. The maximum atomic E-state index is 8.70. The Kier molecular flexibility index (Phi) is 12.9. The lowest BCUT2D eigenvalue weighted by atomic mass is 10.1. The first-order valence-electron chi connectivity index (χ1n) is 6.68. The summed E-state index contributed by atoms with van der Waals surface area (Å²) in [5, 5.41) is 8.70. The lowest BCUT2D eigenvalue weighted by Gasteiger charge is -2.14. The van der Waals surface area contributed by atoms with Gasteiger partial charge in [-0.1, -0.05) is 39.0 Å². The molecule has 98 valence electrons. The molecule has 0 saturated carbocycles. The Labute approximate surface area is 101 Å². The van der Waals surface area contributed by atoms with E-state index in [1.165, 1.54) is 38.5 Å². The van der Waals surface area contributed by atoms with E-state index < -0.39 is 0 Å². The Morgan fingerprint density at radius 2 is 1.62 bits per heavy atom. The van der Waals surface area contributed by atoms with Crippen molar-refractivity contribution in [2.45, 2.75) is 45.4 Å². The van der Waals surface area contributed by atoms with Gasteiger partial charge >= 0.3 is 0 Å². The van der Waals surface area contributed by atoms with Crippen LogP contribution in [0.3, 0.4) is 0 Å². The lowest BCUT2D eigenvalue weighted by Crippen LogP contribution is -2.26. The number of rotatable bonds is 12. The lowest BCUT2D eigenvalue weighted by molar-refractivity contribution is 0.102. The van der Waals surface area contributed by atoms with E-state index in [2.05, 4.69) is 11.8 Å². The van der Waals surface area contributed by atoms with E-state index in [9.17, 15) is 0 Å². The predicted octanol–water partition coefficient (Wildman–Crippen LogP) is 2.29. The molecule has 0 aliphatic rings. The Hall–Kier alpha value is -0.120. The summed E-state index contributed by atoms with van der Waals surface area (Å²) in [7, 11) is 2.00. The Balaban J connectivity index is 2.98. The van der Waals surface area contributed by atoms with Gasteiger partial charge in [0, 0.05) is 19.7 Å². The highest BCUT2D eigenvalue weighted by atomic mass is 16.5. The zero-order valence-corrected chi connectivity index (χ0v) is 11.1. The Morgan fingerprint density at radius 1 is 0.938 bits per heavy atom. The first-order valence-corrected chi connectivity index (χ1v) is 6.68. The highest BCUT2D eigenvalue weighted by molar-refractivity contribution is 4.48. The number of likely N-dealkylation sites (N-methyl/N-ethyl adjacent to an activating group) is 1. The van der Waals surface area contributed by atoms with Crippen LogP contribution in [0.4, 0.5) is 0 Å².